The zero-order valence-corrected chi connectivity index (χ0v) is 8.67. The Hall–Kier alpha value is -1.55. The molecule has 2 heterocycles. The van der Waals surface area contributed by atoms with Crippen LogP contribution in [0, 0.1) is 0 Å². The van der Waals surface area contributed by atoms with Gasteiger partial charge in [0.05, 0.1) is 6.61 Å². The molecule has 0 aliphatic carbocycles. The monoisotopic (exact) mass is 244 g/mol. The van der Waals surface area contributed by atoms with Gasteiger partial charge in [-0.2, -0.15) is 0 Å². The lowest BCUT2D eigenvalue weighted by atomic mass is 10.1. The number of hydrogen-bond acceptors (Lipinski definition) is 7. The Bertz CT molecular complexity index is 422. The van der Waals surface area contributed by atoms with Gasteiger partial charge in [-0.15, -0.1) is 5.10 Å². The van der Waals surface area contributed by atoms with E-state index in [0.717, 1.165) is 11.0 Å². The molecule has 1 aliphatic rings. The Morgan fingerprint density at radius 1 is 1.53 bits per heavy atom. The van der Waals surface area contributed by atoms with Gasteiger partial charge in [-0.3, -0.25) is 4.79 Å². The summed E-state index contributed by atoms with van der Waals surface area (Å²) < 4.78 is 6.25. The summed E-state index contributed by atoms with van der Waals surface area (Å²) in [5, 5.41) is 31.8. The van der Waals surface area contributed by atoms with Crippen molar-refractivity contribution in [2.75, 3.05) is 6.61 Å². The minimum absolute atomic E-state index is 0.220. The molecular formula is C8H12N4O5. The van der Waals surface area contributed by atoms with E-state index in [-0.39, 0.29) is 5.82 Å². The summed E-state index contributed by atoms with van der Waals surface area (Å²) in [5.41, 5.74) is 4.97. The summed E-state index contributed by atoms with van der Waals surface area (Å²) in [7, 11) is 0. The molecule has 9 nitrogen and oxygen atoms in total. The van der Waals surface area contributed by atoms with E-state index >= 15 is 0 Å². The molecule has 94 valence electrons. The predicted molar refractivity (Wildman–Crippen MR) is 51.5 cm³/mol. The molecular weight excluding hydrogens is 232 g/mol. The highest BCUT2D eigenvalue weighted by molar-refractivity contribution is 5.88. The molecule has 1 amide bonds. The van der Waals surface area contributed by atoms with Gasteiger partial charge >= 0.3 is 0 Å². The summed E-state index contributed by atoms with van der Waals surface area (Å²) in [4.78, 5) is 14.4. The molecule has 2 rings (SSSR count). The predicted octanol–water partition coefficient (Wildman–Crippen LogP) is -3.01. The molecule has 9 heteroatoms. The van der Waals surface area contributed by atoms with E-state index in [1.807, 2.05) is 0 Å². The van der Waals surface area contributed by atoms with E-state index in [2.05, 4.69) is 10.1 Å². The second-order valence-electron chi connectivity index (χ2n) is 3.64. The van der Waals surface area contributed by atoms with Crippen LogP contribution < -0.4 is 5.73 Å². The third-order valence-corrected chi connectivity index (χ3v) is 2.51. The molecule has 1 saturated heterocycles. The van der Waals surface area contributed by atoms with Crippen LogP contribution in [-0.4, -0.2) is 60.9 Å². The van der Waals surface area contributed by atoms with Gasteiger partial charge in [-0.1, -0.05) is 0 Å². The molecule has 1 fully saturated rings. The van der Waals surface area contributed by atoms with Crippen LogP contribution in [0.5, 0.6) is 0 Å². The quantitative estimate of drug-likeness (QED) is 0.443. The minimum Gasteiger partial charge on any atom is -0.394 e. The second kappa shape index (κ2) is 4.37. The highest BCUT2D eigenvalue weighted by atomic mass is 16.6. The van der Waals surface area contributed by atoms with Crippen molar-refractivity contribution >= 4 is 5.91 Å². The first-order valence-corrected chi connectivity index (χ1v) is 4.88. The SMILES string of the molecule is NC(=O)c1ncn([C@H]2O[C@H](CO)[C@@H](O)C2O)n1. The van der Waals surface area contributed by atoms with Crippen molar-refractivity contribution in [2.24, 2.45) is 5.73 Å². The Kier molecular flexibility index (Phi) is 3.07. The van der Waals surface area contributed by atoms with Crippen molar-refractivity contribution in [1.29, 1.82) is 0 Å². The molecule has 0 aromatic carbocycles. The van der Waals surface area contributed by atoms with Gasteiger partial charge in [0.2, 0.25) is 5.82 Å². The van der Waals surface area contributed by atoms with Crippen LogP contribution in [0.15, 0.2) is 6.33 Å². The molecule has 5 N–H and O–H groups in total. The second-order valence-corrected chi connectivity index (χ2v) is 3.64. The van der Waals surface area contributed by atoms with E-state index in [1.165, 1.54) is 0 Å². The molecule has 4 atom stereocenters. The van der Waals surface area contributed by atoms with Crippen molar-refractivity contribution in [2.45, 2.75) is 24.5 Å². The fraction of sp³-hybridized carbons (Fsp3) is 0.625. The van der Waals surface area contributed by atoms with Gasteiger partial charge in [0.25, 0.3) is 5.91 Å². The first kappa shape index (κ1) is 11.9. The normalized spacial score (nSPS) is 32.9. The topological polar surface area (TPSA) is 144 Å². The number of carbonyl (C=O) groups is 1. The van der Waals surface area contributed by atoms with Gasteiger partial charge in [-0.25, -0.2) is 9.67 Å². The van der Waals surface area contributed by atoms with Crippen LogP contribution >= 0.6 is 0 Å². The highest BCUT2D eigenvalue weighted by Crippen LogP contribution is 2.28. The number of rotatable bonds is 3. The largest absolute Gasteiger partial charge is 0.394 e. The maximum atomic E-state index is 10.8. The molecule has 0 radical (unpaired) electrons. The van der Waals surface area contributed by atoms with Crippen LogP contribution in [-0.2, 0) is 4.74 Å². The minimum atomic E-state index is -1.27. The summed E-state index contributed by atoms with van der Waals surface area (Å²) in [6.45, 7) is -0.438. The fourth-order valence-corrected chi connectivity index (χ4v) is 1.61. The van der Waals surface area contributed by atoms with Gasteiger partial charge in [0.1, 0.15) is 24.6 Å². The van der Waals surface area contributed by atoms with Gasteiger partial charge in [0.15, 0.2) is 6.23 Å². The van der Waals surface area contributed by atoms with E-state index in [4.69, 9.17) is 15.6 Å². The molecule has 1 aliphatic heterocycles. The smallest absolute Gasteiger partial charge is 0.288 e. The summed E-state index contributed by atoms with van der Waals surface area (Å²) in [5.74, 6) is -1.03. The fourth-order valence-electron chi connectivity index (χ4n) is 1.61. The summed E-state index contributed by atoms with van der Waals surface area (Å²) in [6, 6.07) is 0. The summed E-state index contributed by atoms with van der Waals surface area (Å²) >= 11 is 0. The van der Waals surface area contributed by atoms with E-state index in [1.54, 1.807) is 0 Å². The molecule has 1 aromatic rings. The van der Waals surface area contributed by atoms with Crippen molar-refractivity contribution < 1.29 is 24.9 Å². The third kappa shape index (κ3) is 2.00. The number of nitrogens with two attached hydrogens (primary N) is 1. The van der Waals surface area contributed by atoms with Gasteiger partial charge < -0.3 is 25.8 Å². The number of ether oxygens (including phenoxy) is 1. The van der Waals surface area contributed by atoms with Gasteiger partial charge in [-0.05, 0) is 0 Å². The number of aliphatic hydroxyl groups is 3. The van der Waals surface area contributed by atoms with Crippen molar-refractivity contribution in [1.82, 2.24) is 14.8 Å². The van der Waals surface area contributed by atoms with Crippen LogP contribution in [0.4, 0.5) is 0 Å². The van der Waals surface area contributed by atoms with E-state index < -0.39 is 37.1 Å². The number of primary amides is 1. The average molecular weight is 244 g/mol. The number of nitrogens with zero attached hydrogens (tertiary/aromatic N) is 3. The Labute approximate surface area is 95.4 Å². The molecule has 0 spiro atoms. The van der Waals surface area contributed by atoms with Crippen LogP contribution in [0.3, 0.4) is 0 Å². The molecule has 1 unspecified atom stereocenters. The van der Waals surface area contributed by atoms with Crippen LogP contribution in [0.1, 0.15) is 16.8 Å². The van der Waals surface area contributed by atoms with Crippen LogP contribution in [0.2, 0.25) is 0 Å². The third-order valence-electron chi connectivity index (χ3n) is 2.51. The number of aromatic nitrogens is 3. The van der Waals surface area contributed by atoms with Crippen molar-refractivity contribution in [3.8, 4) is 0 Å². The molecule has 0 bridgehead atoms. The van der Waals surface area contributed by atoms with Crippen molar-refractivity contribution in [3.63, 3.8) is 0 Å². The maximum absolute atomic E-state index is 10.8. The summed E-state index contributed by atoms with van der Waals surface area (Å²) in [6.07, 6.45) is -3.26. The van der Waals surface area contributed by atoms with Crippen LogP contribution in [0.25, 0.3) is 0 Å². The first-order chi connectivity index (χ1) is 8.04. The van der Waals surface area contributed by atoms with E-state index in [0.29, 0.717) is 0 Å². The average Bonchev–Trinajstić information content (AvgIpc) is 2.87. The van der Waals surface area contributed by atoms with E-state index in [9.17, 15) is 15.0 Å². The Morgan fingerprint density at radius 2 is 2.24 bits per heavy atom. The maximum Gasteiger partial charge on any atom is 0.288 e. The number of amides is 1. The lowest BCUT2D eigenvalue weighted by molar-refractivity contribution is -0.0588. The molecule has 0 saturated carbocycles. The number of aliphatic hydroxyl groups excluding tert-OH is 3. The Balaban J connectivity index is 2.19. The highest BCUT2D eigenvalue weighted by Gasteiger charge is 2.43. The van der Waals surface area contributed by atoms with Crippen molar-refractivity contribution in [3.05, 3.63) is 12.2 Å². The lowest BCUT2D eigenvalue weighted by Gasteiger charge is -2.13. The number of carbonyl (C=O) groups excluding carboxylic acids is 1. The molecule has 1 aromatic heterocycles. The zero-order valence-electron chi connectivity index (χ0n) is 8.67. The zero-order chi connectivity index (χ0) is 12.6. The van der Waals surface area contributed by atoms with Gasteiger partial charge in [0, 0.05) is 0 Å². The standard InChI is InChI=1S/C8H12N4O5/c9-6(16)7-10-2-12(11-7)8-5(15)4(14)3(1-13)17-8/h2-5,8,13-15H,1H2,(H2,9,16)/t3-,4-,5?,8+/m1/s1. The lowest BCUT2D eigenvalue weighted by Crippen LogP contribution is -2.33. The first-order valence-electron chi connectivity index (χ1n) is 4.88. The molecule has 17 heavy (non-hydrogen) atoms. The Morgan fingerprint density at radius 3 is 2.71 bits per heavy atom. The number of hydrogen-bond donors (Lipinski definition) is 4.